The van der Waals surface area contributed by atoms with Crippen LogP contribution in [0.2, 0.25) is 0 Å². The second kappa shape index (κ2) is 5.54. The van der Waals surface area contributed by atoms with Crippen molar-refractivity contribution in [3.8, 4) is 5.75 Å². The molecule has 17 heavy (non-hydrogen) atoms. The van der Waals surface area contributed by atoms with Gasteiger partial charge < -0.3 is 10.2 Å². The Kier molecular flexibility index (Phi) is 4.06. The topological polar surface area (TPSA) is 40.5 Å². The Balaban J connectivity index is 1.91. The molecule has 1 aliphatic carbocycles. The lowest BCUT2D eigenvalue weighted by Crippen LogP contribution is -2.20. The molecule has 2 heteroatoms. The molecule has 0 spiro atoms. The van der Waals surface area contributed by atoms with E-state index in [4.69, 9.17) is 0 Å². The normalized spacial score (nSPS) is 26.0. The number of phenolic OH excluding ortho intramolecular Hbond substituents is 1. The zero-order chi connectivity index (χ0) is 12.3. The van der Waals surface area contributed by atoms with Gasteiger partial charge in [-0.3, -0.25) is 0 Å². The van der Waals surface area contributed by atoms with Gasteiger partial charge in [0.15, 0.2) is 0 Å². The van der Waals surface area contributed by atoms with Crippen LogP contribution in [0.1, 0.15) is 38.2 Å². The van der Waals surface area contributed by atoms with Crippen molar-refractivity contribution < 1.29 is 10.2 Å². The molecule has 1 fully saturated rings. The van der Waals surface area contributed by atoms with Crippen LogP contribution in [0.3, 0.4) is 0 Å². The van der Waals surface area contributed by atoms with Crippen LogP contribution in [0.5, 0.6) is 5.75 Å². The molecule has 2 N–H and O–H groups in total. The van der Waals surface area contributed by atoms with Crippen LogP contribution in [0.15, 0.2) is 24.3 Å². The van der Waals surface area contributed by atoms with E-state index >= 15 is 0 Å². The third-order valence-corrected chi connectivity index (χ3v) is 4.06. The number of benzene rings is 1. The van der Waals surface area contributed by atoms with E-state index in [0.29, 0.717) is 12.3 Å². The molecule has 1 aromatic rings. The Bertz CT molecular complexity index is 362. The van der Waals surface area contributed by atoms with Gasteiger partial charge in [-0.05, 0) is 48.8 Å². The summed E-state index contributed by atoms with van der Waals surface area (Å²) in [5.41, 5.74) is 1.03. The highest BCUT2D eigenvalue weighted by atomic mass is 16.3. The summed E-state index contributed by atoms with van der Waals surface area (Å²) >= 11 is 0. The summed E-state index contributed by atoms with van der Waals surface area (Å²) in [5.74, 6) is 1.54. The van der Waals surface area contributed by atoms with Crippen molar-refractivity contribution in [1.82, 2.24) is 0 Å². The predicted molar refractivity (Wildman–Crippen MR) is 68.9 cm³/mol. The summed E-state index contributed by atoms with van der Waals surface area (Å²) in [7, 11) is 0. The van der Waals surface area contributed by atoms with E-state index in [1.165, 1.54) is 12.8 Å². The molecule has 0 saturated heterocycles. The fraction of sp³-hybridized carbons (Fsp3) is 0.600. The minimum absolute atomic E-state index is 0.256. The summed E-state index contributed by atoms with van der Waals surface area (Å²) in [4.78, 5) is 0. The lowest BCUT2D eigenvalue weighted by atomic mass is 9.93. The van der Waals surface area contributed by atoms with Gasteiger partial charge in [0.05, 0.1) is 6.10 Å². The minimum atomic E-state index is -0.256. The Morgan fingerprint density at radius 1 is 1.35 bits per heavy atom. The first-order chi connectivity index (χ1) is 8.19. The zero-order valence-corrected chi connectivity index (χ0v) is 10.5. The van der Waals surface area contributed by atoms with Crippen LogP contribution in [-0.2, 0) is 6.42 Å². The van der Waals surface area contributed by atoms with E-state index in [9.17, 15) is 10.2 Å². The van der Waals surface area contributed by atoms with Gasteiger partial charge in [0, 0.05) is 0 Å². The standard InChI is InChI=1S/C15H22O2/c1-2-11-6-7-13(8-11)15(17)10-12-4-3-5-14(16)9-12/h3-5,9,11,13,15-17H,2,6-8,10H2,1H3. The Morgan fingerprint density at radius 3 is 2.82 bits per heavy atom. The lowest BCUT2D eigenvalue weighted by Gasteiger charge is -2.18. The highest BCUT2D eigenvalue weighted by Gasteiger charge is 2.28. The van der Waals surface area contributed by atoms with Gasteiger partial charge in [-0.25, -0.2) is 0 Å². The van der Waals surface area contributed by atoms with E-state index < -0.39 is 0 Å². The minimum Gasteiger partial charge on any atom is -0.508 e. The molecule has 1 aliphatic rings. The smallest absolute Gasteiger partial charge is 0.115 e. The highest BCUT2D eigenvalue weighted by Crippen LogP contribution is 2.35. The van der Waals surface area contributed by atoms with Gasteiger partial charge in [0.2, 0.25) is 0 Å². The molecule has 0 aliphatic heterocycles. The molecule has 0 heterocycles. The number of hydrogen-bond donors (Lipinski definition) is 2. The molecule has 2 nitrogen and oxygen atoms in total. The predicted octanol–water partition coefficient (Wildman–Crippen LogP) is 3.12. The average molecular weight is 234 g/mol. The van der Waals surface area contributed by atoms with Crippen LogP contribution in [0.25, 0.3) is 0 Å². The van der Waals surface area contributed by atoms with Gasteiger partial charge in [-0.1, -0.05) is 31.9 Å². The molecule has 2 rings (SSSR count). The third kappa shape index (κ3) is 3.22. The largest absolute Gasteiger partial charge is 0.508 e. The van der Waals surface area contributed by atoms with Gasteiger partial charge >= 0.3 is 0 Å². The van der Waals surface area contributed by atoms with Crippen molar-refractivity contribution in [2.24, 2.45) is 11.8 Å². The Morgan fingerprint density at radius 2 is 2.18 bits per heavy atom. The second-order valence-electron chi connectivity index (χ2n) is 5.29. The third-order valence-electron chi connectivity index (χ3n) is 4.06. The van der Waals surface area contributed by atoms with Crippen LogP contribution >= 0.6 is 0 Å². The maximum absolute atomic E-state index is 10.2. The first kappa shape index (κ1) is 12.4. The summed E-state index contributed by atoms with van der Waals surface area (Å²) in [6, 6.07) is 7.21. The molecule has 3 unspecified atom stereocenters. The summed E-state index contributed by atoms with van der Waals surface area (Å²) in [6.45, 7) is 2.23. The molecule has 1 aromatic carbocycles. The molecular formula is C15H22O2. The van der Waals surface area contributed by atoms with Gasteiger partial charge in [-0.15, -0.1) is 0 Å². The van der Waals surface area contributed by atoms with Crippen LogP contribution in [0.4, 0.5) is 0 Å². The second-order valence-corrected chi connectivity index (χ2v) is 5.29. The molecule has 3 atom stereocenters. The maximum atomic E-state index is 10.2. The van der Waals surface area contributed by atoms with E-state index in [0.717, 1.165) is 24.3 Å². The van der Waals surface area contributed by atoms with Crippen molar-refractivity contribution in [3.63, 3.8) is 0 Å². The lowest BCUT2D eigenvalue weighted by molar-refractivity contribution is 0.108. The molecular weight excluding hydrogens is 212 g/mol. The average Bonchev–Trinajstić information content (AvgIpc) is 2.77. The summed E-state index contributed by atoms with van der Waals surface area (Å²) in [6.07, 6.45) is 5.21. The van der Waals surface area contributed by atoms with E-state index in [1.54, 1.807) is 12.1 Å². The molecule has 0 radical (unpaired) electrons. The number of phenols is 1. The number of aliphatic hydroxyl groups excluding tert-OH is 1. The van der Waals surface area contributed by atoms with E-state index in [2.05, 4.69) is 6.92 Å². The van der Waals surface area contributed by atoms with Crippen molar-refractivity contribution in [2.45, 2.75) is 45.1 Å². The number of rotatable bonds is 4. The molecule has 94 valence electrons. The maximum Gasteiger partial charge on any atom is 0.115 e. The first-order valence-electron chi connectivity index (χ1n) is 6.65. The highest BCUT2D eigenvalue weighted by molar-refractivity contribution is 5.27. The van der Waals surface area contributed by atoms with Crippen LogP contribution in [0, 0.1) is 11.8 Å². The van der Waals surface area contributed by atoms with Gasteiger partial charge in [-0.2, -0.15) is 0 Å². The molecule has 0 aromatic heterocycles. The van der Waals surface area contributed by atoms with Crippen LogP contribution in [-0.4, -0.2) is 16.3 Å². The van der Waals surface area contributed by atoms with Crippen molar-refractivity contribution in [1.29, 1.82) is 0 Å². The SMILES string of the molecule is CCC1CCC(C(O)Cc2cccc(O)c2)C1. The van der Waals surface area contributed by atoms with E-state index in [-0.39, 0.29) is 11.9 Å². The fourth-order valence-electron chi connectivity index (χ4n) is 2.93. The van der Waals surface area contributed by atoms with Gasteiger partial charge in [0.1, 0.15) is 5.75 Å². The van der Waals surface area contributed by atoms with Crippen molar-refractivity contribution in [3.05, 3.63) is 29.8 Å². The number of aliphatic hydroxyl groups is 1. The van der Waals surface area contributed by atoms with Crippen molar-refractivity contribution >= 4 is 0 Å². The Labute approximate surface area is 103 Å². The molecule has 0 amide bonds. The first-order valence-corrected chi connectivity index (χ1v) is 6.65. The molecule has 1 saturated carbocycles. The van der Waals surface area contributed by atoms with Gasteiger partial charge in [0.25, 0.3) is 0 Å². The number of hydrogen-bond acceptors (Lipinski definition) is 2. The zero-order valence-electron chi connectivity index (χ0n) is 10.5. The summed E-state index contributed by atoms with van der Waals surface area (Å²) in [5, 5.41) is 19.6. The number of aromatic hydroxyl groups is 1. The Hall–Kier alpha value is -1.02. The van der Waals surface area contributed by atoms with E-state index in [1.807, 2.05) is 12.1 Å². The monoisotopic (exact) mass is 234 g/mol. The fourth-order valence-corrected chi connectivity index (χ4v) is 2.93. The van der Waals surface area contributed by atoms with Crippen molar-refractivity contribution in [2.75, 3.05) is 0 Å². The quantitative estimate of drug-likeness (QED) is 0.840. The van der Waals surface area contributed by atoms with Crippen LogP contribution < -0.4 is 0 Å². The summed E-state index contributed by atoms with van der Waals surface area (Å²) < 4.78 is 0. The molecule has 0 bridgehead atoms.